The van der Waals surface area contributed by atoms with Crippen LogP contribution in [0.2, 0.25) is 5.02 Å². The van der Waals surface area contributed by atoms with Gasteiger partial charge in [-0.05, 0) is 29.8 Å². The van der Waals surface area contributed by atoms with E-state index in [4.69, 9.17) is 16.3 Å². The van der Waals surface area contributed by atoms with Crippen molar-refractivity contribution in [3.63, 3.8) is 0 Å². The van der Waals surface area contributed by atoms with Crippen molar-refractivity contribution < 1.29 is 37.8 Å². The number of halogens is 4. The van der Waals surface area contributed by atoms with E-state index in [9.17, 15) is 38.3 Å². The Morgan fingerprint density at radius 1 is 1.23 bits per heavy atom. The number of nitrogens with zero attached hydrogens (tertiary/aromatic N) is 3. The van der Waals surface area contributed by atoms with Crippen LogP contribution in [0.3, 0.4) is 0 Å². The van der Waals surface area contributed by atoms with Crippen LogP contribution in [0, 0.1) is 10.1 Å². The molecule has 3 N–H and O–H groups in total. The van der Waals surface area contributed by atoms with Crippen LogP contribution in [0.4, 0.5) is 18.9 Å². The molecule has 35 heavy (non-hydrogen) atoms. The molecule has 0 bridgehead atoms. The molecule has 186 valence electrons. The number of aliphatic hydroxyl groups is 2. The number of carbonyl (C=O) groups excluding carboxylic acids is 1. The van der Waals surface area contributed by atoms with Gasteiger partial charge in [-0.2, -0.15) is 23.0 Å². The van der Waals surface area contributed by atoms with Crippen molar-refractivity contribution in [2.24, 2.45) is 0 Å². The van der Waals surface area contributed by atoms with Crippen LogP contribution < -0.4 is 10.1 Å². The van der Waals surface area contributed by atoms with Crippen LogP contribution in [0.1, 0.15) is 17.4 Å². The largest absolute Gasteiger partial charge is 0.467 e. The molecule has 0 saturated heterocycles. The van der Waals surface area contributed by atoms with Crippen molar-refractivity contribution in [1.82, 2.24) is 15.1 Å². The first-order valence-electron chi connectivity index (χ1n) is 9.89. The number of amides is 1. The molecule has 0 unspecified atom stereocenters. The summed E-state index contributed by atoms with van der Waals surface area (Å²) >= 11 is 6.05. The number of nitro groups is 1. The molecule has 0 aliphatic carbocycles. The highest BCUT2D eigenvalue weighted by atomic mass is 35.5. The molecule has 1 amide bonds. The van der Waals surface area contributed by atoms with E-state index in [0.717, 1.165) is 16.8 Å². The summed E-state index contributed by atoms with van der Waals surface area (Å²) in [6.07, 6.45) is -6.22. The lowest BCUT2D eigenvalue weighted by Crippen LogP contribution is -2.44. The predicted octanol–water partition coefficient (Wildman–Crippen LogP) is 3.04. The molecular formula is C21H18ClF3N4O6. The van der Waals surface area contributed by atoms with Gasteiger partial charge >= 0.3 is 6.18 Å². The quantitative estimate of drug-likeness (QED) is 0.294. The SMILES string of the molecule is O=C(COc1cc(C(F)(F)F)nn1-c1ccccc1Cl)N[C@@H](CO)[C@H](O)c1ccc([N+](=O)[O-])cc1. The summed E-state index contributed by atoms with van der Waals surface area (Å²) in [7, 11) is 0. The summed E-state index contributed by atoms with van der Waals surface area (Å²) in [6, 6.07) is 10.1. The minimum absolute atomic E-state index is 0.0851. The molecule has 0 aliphatic heterocycles. The number of para-hydroxylation sites is 1. The molecule has 2 aromatic carbocycles. The fourth-order valence-electron chi connectivity index (χ4n) is 3.04. The van der Waals surface area contributed by atoms with E-state index in [1.807, 2.05) is 0 Å². The van der Waals surface area contributed by atoms with E-state index in [2.05, 4.69) is 10.4 Å². The van der Waals surface area contributed by atoms with Crippen molar-refractivity contribution in [2.75, 3.05) is 13.2 Å². The highest BCUT2D eigenvalue weighted by molar-refractivity contribution is 6.32. The van der Waals surface area contributed by atoms with Gasteiger partial charge in [-0.25, -0.2) is 0 Å². The lowest BCUT2D eigenvalue weighted by molar-refractivity contribution is -0.384. The Morgan fingerprint density at radius 2 is 1.89 bits per heavy atom. The third-order valence-corrected chi connectivity index (χ3v) is 5.09. The van der Waals surface area contributed by atoms with Gasteiger partial charge in [0.1, 0.15) is 6.10 Å². The minimum atomic E-state index is -4.79. The number of aliphatic hydroxyl groups excluding tert-OH is 2. The number of rotatable bonds is 9. The van der Waals surface area contributed by atoms with Crippen LogP contribution >= 0.6 is 11.6 Å². The van der Waals surface area contributed by atoms with Crippen LogP contribution in [0.25, 0.3) is 5.69 Å². The Kier molecular flexibility index (Phi) is 7.94. The number of aromatic nitrogens is 2. The lowest BCUT2D eigenvalue weighted by atomic mass is 10.0. The van der Waals surface area contributed by atoms with Crippen molar-refractivity contribution in [3.8, 4) is 11.6 Å². The first-order chi connectivity index (χ1) is 16.5. The molecule has 0 fully saturated rings. The minimum Gasteiger partial charge on any atom is -0.467 e. The number of non-ortho nitro benzene ring substituents is 1. The summed E-state index contributed by atoms with van der Waals surface area (Å²) in [4.78, 5) is 22.5. The molecule has 0 spiro atoms. The first-order valence-corrected chi connectivity index (χ1v) is 10.3. The summed E-state index contributed by atoms with van der Waals surface area (Å²) in [5.41, 5.74) is -1.22. The maximum atomic E-state index is 13.2. The van der Waals surface area contributed by atoms with Gasteiger partial charge in [0.25, 0.3) is 11.6 Å². The molecule has 10 nitrogen and oxygen atoms in total. The second-order valence-electron chi connectivity index (χ2n) is 7.17. The number of benzene rings is 2. The molecule has 2 atom stereocenters. The summed E-state index contributed by atoms with van der Waals surface area (Å²) < 4.78 is 45.6. The molecule has 0 saturated carbocycles. The Hall–Kier alpha value is -3.68. The molecule has 3 rings (SSSR count). The normalized spacial score (nSPS) is 13.2. The number of hydrogen-bond donors (Lipinski definition) is 3. The third-order valence-electron chi connectivity index (χ3n) is 4.77. The van der Waals surface area contributed by atoms with Gasteiger partial charge in [-0.3, -0.25) is 14.9 Å². The Labute approximate surface area is 200 Å². The Morgan fingerprint density at radius 3 is 2.46 bits per heavy atom. The van der Waals surface area contributed by atoms with Crippen molar-refractivity contribution in [2.45, 2.75) is 18.3 Å². The number of alkyl halides is 3. The van der Waals surface area contributed by atoms with Crippen LogP contribution in [0.15, 0.2) is 54.6 Å². The van der Waals surface area contributed by atoms with Gasteiger partial charge in [-0.1, -0.05) is 23.7 Å². The number of ether oxygens (including phenoxy) is 1. The lowest BCUT2D eigenvalue weighted by Gasteiger charge is -2.22. The van der Waals surface area contributed by atoms with E-state index in [1.54, 1.807) is 6.07 Å². The van der Waals surface area contributed by atoms with Crippen LogP contribution in [0.5, 0.6) is 5.88 Å². The van der Waals surface area contributed by atoms with Crippen molar-refractivity contribution >= 4 is 23.2 Å². The summed E-state index contributed by atoms with van der Waals surface area (Å²) in [6.45, 7) is -1.49. The Bertz CT molecular complexity index is 1200. The molecule has 14 heteroatoms. The highest BCUT2D eigenvalue weighted by Gasteiger charge is 2.36. The van der Waals surface area contributed by atoms with Gasteiger partial charge in [-0.15, -0.1) is 0 Å². The summed E-state index contributed by atoms with van der Waals surface area (Å²) in [5.74, 6) is -1.29. The number of nitrogens with one attached hydrogen (secondary N) is 1. The fourth-order valence-corrected chi connectivity index (χ4v) is 3.26. The van der Waals surface area contributed by atoms with E-state index in [0.29, 0.717) is 6.07 Å². The van der Waals surface area contributed by atoms with E-state index < -0.39 is 53.9 Å². The van der Waals surface area contributed by atoms with E-state index in [-0.39, 0.29) is 22.0 Å². The van der Waals surface area contributed by atoms with Crippen LogP contribution in [-0.2, 0) is 11.0 Å². The molecular weight excluding hydrogens is 497 g/mol. The second kappa shape index (κ2) is 10.7. The molecule has 1 aromatic heterocycles. The van der Waals surface area contributed by atoms with E-state index in [1.165, 1.54) is 30.3 Å². The van der Waals surface area contributed by atoms with E-state index >= 15 is 0 Å². The standard InChI is InChI=1S/C21H18ClF3N4O6/c22-14-3-1-2-4-16(14)28-19(9-17(27-28)21(23,24)25)35-11-18(31)26-15(10-30)20(32)12-5-7-13(8-6-12)29(33)34/h1-9,15,20,30,32H,10-11H2,(H,26,31)/t15-,20+/m0/s1. The zero-order chi connectivity index (χ0) is 25.8. The summed E-state index contributed by atoms with van der Waals surface area (Å²) in [5, 5.41) is 36.6. The number of carbonyl (C=O) groups is 1. The topological polar surface area (TPSA) is 140 Å². The smallest absolute Gasteiger partial charge is 0.435 e. The maximum absolute atomic E-state index is 13.2. The van der Waals surface area contributed by atoms with Crippen molar-refractivity contribution in [1.29, 1.82) is 0 Å². The van der Waals surface area contributed by atoms with Crippen LogP contribution in [-0.4, -0.2) is 50.1 Å². The average molecular weight is 515 g/mol. The monoisotopic (exact) mass is 514 g/mol. The average Bonchev–Trinajstić information content (AvgIpc) is 3.26. The van der Waals surface area contributed by atoms with Gasteiger partial charge in [0.2, 0.25) is 5.88 Å². The van der Waals surface area contributed by atoms with Gasteiger partial charge in [0.15, 0.2) is 12.3 Å². The highest BCUT2D eigenvalue weighted by Crippen LogP contribution is 2.33. The first kappa shape index (κ1) is 25.9. The molecule has 3 aromatic rings. The van der Waals surface area contributed by atoms with Gasteiger partial charge in [0.05, 0.1) is 28.3 Å². The van der Waals surface area contributed by atoms with Gasteiger partial charge in [0, 0.05) is 18.2 Å². The predicted molar refractivity (Wildman–Crippen MR) is 116 cm³/mol. The zero-order valence-electron chi connectivity index (χ0n) is 17.6. The maximum Gasteiger partial charge on any atom is 0.435 e. The second-order valence-corrected chi connectivity index (χ2v) is 7.57. The molecule has 1 heterocycles. The zero-order valence-corrected chi connectivity index (χ0v) is 18.4. The van der Waals surface area contributed by atoms with Crippen molar-refractivity contribution in [3.05, 3.63) is 81.0 Å². The Balaban J connectivity index is 1.73. The third kappa shape index (κ3) is 6.26. The number of hydrogen-bond acceptors (Lipinski definition) is 7. The van der Waals surface area contributed by atoms with Gasteiger partial charge < -0.3 is 20.3 Å². The fraction of sp³-hybridized carbons (Fsp3) is 0.238. The number of nitro benzene ring substituents is 1. The molecule has 0 radical (unpaired) electrons. The molecule has 0 aliphatic rings.